The summed E-state index contributed by atoms with van der Waals surface area (Å²) in [6.45, 7) is 3.58. The maximum atomic E-state index is 13.1. The number of urea groups is 1. The molecule has 1 saturated heterocycles. The largest absolute Gasteiger partial charge is 0.459 e. The van der Waals surface area contributed by atoms with Gasteiger partial charge in [-0.2, -0.15) is 0 Å². The van der Waals surface area contributed by atoms with Crippen molar-refractivity contribution in [2.24, 2.45) is 0 Å². The minimum atomic E-state index is -0.324. The summed E-state index contributed by atoms with van der Waals surface area (Å²) in [6, 6.07) is 18.1. The van der Waals surface area contributed by atoms with Crippen molar-refractivity contribution < 1.29 is 14.0 Å². The van der Waals surface area contributed by atoms with Crippen LogP contribution in [0.3, 0.4) is 0 Å². The number of likely N-dealkylation sites (tertiary alicyclic amines) is 1. The Morgan fingerprint density at radius 3 is 2.52 bits per heavy atom. The van der Waals surface area contributed by atoms with Crippen LogP contribution >= 0.6 is 0 Å². The third-order valence-corrected chi connectivity index (χ3v) is 5.95. The van der Waals surface area contributed by atoms with E-state index in [1.54, 1.807) is 36.4 Å². The summed E-state index contributed by atoms with van der Waals surface area (Å²) in [6.07, 6.45) is 3.27. The lowest BCUT2D eigenvalue weighted by Crippen LogP contribution is -2.35. The number of furan rings is 1. The van der Waals surface area contributed by atoms with E-state index in [1.807, 2.05) is 23.1 Å². The average Bonchev–Trinajstić information content (AvgIpc) is 3.59. The van der Waals surface area contributed by atoms with Gasteiger partial charge >= 0.3 is 6.03 Å². The van der Waals surface area contributed by atoms with Gasteiger partial charge in [0.1, 0.15) is 5.82 Å². The predicted octanol–water partition coefficient (Wildman–Crippen LogP) is 5.27. The summed E-state index contributed by atoms with van der Waals surface area (Å²) < 4.78 is 7.30. The number of nitrogens with zero attached hydrogens (tertiary/aromatic N) is 3. The minimum absolute atomic E-state index is 0.0655. The maximum Gasteiger partial charge on any atom is 0.322 e. The van der Waals surface area contributed by atoms with Crippen molar-refractivity contribution in [3.63, 3.8) is 0 Å². The van der Waals surface area contributed by atoms with Gasteiger partial charge in [0.2, 0.25) is 0 Å². The standard InChI is InChI=1S/C25H25N5O3/c1-2-29-20-8-4-3-7-19(20)28-23(29)21-9-5-15-30(21)25(32)27-18-13-11-17(12-14-18)26-24(31)22-10-6-16-33-22/h3-4,6-8,10-14,16,21H,2,5,9,15H2,1H3,(H,26,31)(H,27,32). The number of carbonyl (C=O) groups excluding carboxylic acids is 2. The Balaban J connectivity index is 1.29. The number of imidazole rings is 1. The molecule has 2 aromatic carbocycles. The van der Waals surface area contributed by atoms with Crippen molar-refractivity contribution in [1.29, 1.82) is 0 Å². The van der Waals surface area contributed by atoms with Crippen molar-refractivity contribution in [2.75, 3.05) is 17.2 Å². The molecule has 8 heteroatoms. The van der Waals surface area contributed by atoms with Crippen LogP contribution in [0.2, 0.25) is 0 Å². The second kappa shape index (κ2) is 8.82. The summed E-state index contributed by atoms with van der Waals surface area (Å²) in [7, 11) is 0. The van der Waals surface area contributed by atoms with Gasteiger partial charge in [0.25, 0.3) is 5.91 Å². The highest BCUT2D eigenvalue weighted by molar-refractivity contribution is 6.02. The van der Waals surface area contributed by atoms with Crippen molar-refractivity contribution in [1.82, 2.24) is 14.5 Å². The molecule has 1 aliphatic heterocycles. The minimum Gasteiger partial charge on any atom is -0.459 e. The van der Waals surface area contributed by atoms with Crippen LogP contribution in [0.5, 0.6) is 0 Å². The lowest BCUT2D eigenvalue weighted by Gasteiger charge is -2.25. The number of benzene rings is 2. The Hall–Kier alpha value is -4.07. The summed E-state index contributed by atoms with van der Waals surface area (Å²) in [4.78, 5) is 32.0. The quantitative estimate of drug-likeness (QED) is 0.439. The zero-order chi connectivity index (χ0) is 22.8. The van der Waals surface area contributed by atoms with Crippen LogP contribution < -0.4 is 10.6 Å². The fourth-order valence-electron chi connectivity index (χ4n) is 4.39. The van der Waals surface area contributed by atoms with E-state index in [2.05, 4.69) is 28.2 Å². The highest BCUT2D eigenvalue weighted by Gasteiger charge is 2.33. The topological polar surface area (TPSA) is 92.4 Å². The number of rotatable bonds is 5. The molecule has 2 aromatic heterocycles. The molecule has 1 aliphatic rings. The van der Waals surface area contributed by atoms with Gasteiger partial charge in [0.05, 0.1) is 23.3 Å². The van der Waals surface area contributed by atoms with Crippen LogP contribution in [0.4, 0.5) is 16.2 Å². The monoisotopic (exact) mass is 443 g/mol. The number of anilines is 2. The van der Waals surface area contributed by atoms with E-state index in [0.29, 0.717) is 17.9 Å². The van der Waals surface area contributed by atoms with Crippen molar-refractivity contribution in [3.05, 3.63) is 78.5 Å². The molecule has 5 rings (SSSR count). The van der Waals surface area contributed by atoms with Gasteiger partial charge in [-0.05, 0) is 68.3 Å². The maximum absolute atomic E-state index is 13.1. The van der Waals surface area contributed by atoms with E-state index in [0.717, 1.165) is 36.2 Å². The zero-order valence-electron chi connectivity index (χ0n) is 18.3. The third kappa shape index (κ3) is 4.07. The number of carbonyl (C=O) groups is 2. The zero-order valence-corrected chi connectivity index (χ0v) is 18.3. The Morgan fingerprint density at radius 1 is 1.03 bits per heavy atom. The Kier molecular flexibility index (Phi) is 5.56. The lowest BCUT2D eigenvalue weighted by atomic mass is 10.2. The summed E-state index contributed by atoms with van der Waals surface area (Å²) >= 11 is 0. The molecular formula is C25H25N5O3. The molecule has 33 heavy (non-hydrogen) atoms. The first kappa shape index (κ1) is 20.8. The molecular weight excluding hydrogens is 418 g/mol. The Bertz CT molecular complexity index is 1280. The first-order valence-electron chi connectivity index (χ1n) is 11.1. The molecule has 1 fully saturated rings. The first-order valence-corrected chi connectivity index (χ1v) is 11.1. The molecule has 8 nitrogen and oxygen atoms in total. The molecule has 0 bridgehead atoms. The second-order valence-electron chi connectivity index (χ2n) is 7.99. The van der Waals surface area contributed by atoms with E-state index < -0.39 is 0 Å². The molecule has 0 spiro atoms. The molecule has 1 unspecified atom stereocenters. The molecule has 0 aliphatic carbocycles. The number of amides is 3. The van der Waals surface area contributed by atoms with Crippen LogP contribution in [0.25, 0.3) is 11.0 Å². The smallest absolute Gasteiger partial charge is 0.322 e. The third-order valence-electron chi connectivity index (χ3n) is 5.95. The predicted molar refractivity (Wildman–Crippen MR) is 126 cm³/mol. The van der Waals surface area contributed by atoms with E-state index in [-0.39, 0.29) is 23.7 Å². The van der Waals surface area contributed by atoms with Crippen LogP contribution in [0.15, 0.2) is 71.3 Å². The fraction of sp³-hybridized carbons (Fsp3) is 0.240. The number of hydrogen-bond acceptors (Lipinski definition) is 4. The summed E-state index contributed by atoms with van der Waals surface area (Å²) in [5.74, 6) is 0.850. The van der Waals surface area contributed by atoms with Gasteiger partial charge in [-0.1, -0.05) is 12.1 Å². The number of hydrogen-bond donors (Lipinski definition) is 2. The van der Waals surface area contributed by atoms with Gasteiger partial charge in [-0.25, -0.2) is 9.78 Å². The van der Waals surface area contributed by atoms with Crippen molar-refractivity contribution in [2.45, 2.75) is 32.4 Å². The number of aromatic nitrogens is 2. The van der Waals surface area contributed by atoms with Crippen molar-refractivity contribution in [3.8, 4) is 0 Å². The first-order chi connectivity index (χ1) is 16.1. The summed E-state index contributed by atoms with van der Waals surface area (Å²) in [5, 5.41) is 5.75. The summed E-state index contributed by atoms with van der Waals surface area (Å²) in [5.41, 5.74) is 3.32. The number of para-hydroxylation sites is 2. The molecule has 4 aromatic rings. The SMILES string of the molecule is CCn1c(C2CCCN2C(=O)Nc2ccc(NC(=O)c3ccco3)cc2)nc2ccccc21. The molecule has 0 saturated carbocycles. The van der Waals surface area contributed by atoms with Crippen molar-refractivity contribution >= 4 is 34.3 Å². The fourth-order valence-corrected chi connectivity index (χ4v) is 4.39. The highest BCUT2D eigenvalue weighted by Crippen LogP contribution is 2.34. The molecule has 168 valence electrons. The van der Waals surface area contributed by atoms with Gasteiger partial charge < -0.3 is 24.5 Å². The molecule has 3 heterocycles. The van der Waals surface area contributed by atoms with Crippen LogP contribution in [-0.2, 0) is 6.54 Å². The van der Waals surface area contributed by atoms with Gasteiger partial charge in [0, 0.05) is 24.5 Å². The highest BCUT2D eigenvalue weighted by atomic mass is 16.3. The van der Waals surface area contributed by atoms with E-state index >= 15 is 0 Å². The average molecular weight is 444 g/mol. The lowest BCUT2D eigenvalue weighted by molar-refractivity contribution is 0.0996. The van der Waals surface area contributed by atoms with E-state index in [1.165, 1.54) is 6.26 Å². The molecule has 2 N–H and O–H groups in total. The Labute approximate surface area is 191 Å². The normalized spacial score (nSPS) is 15.7. The van der Waals surface area contributed by atoms with Crippen LogP contribution in [0, 0.1) is 0 Å². The van der Waals surface area contributed by atoms with Crippen LogP contribution in [-0.4, -0.2) is 32.9 Å². The Morgan fingerprint density at radius 2 is 1.79 bits per heavy atom. The number of fused-ring (bicyclic) bond motifs is 1. The van der Waals surface area contributed by atoms with E-state index in [4.69, 9.17) is 9.40 Å². The second-order valence-corrected chi connectivity index (χ2v) is 7.99. The number of aryl methyl sites for hydroxylation is 1. The van der Waals surface area contributed by atoms with Gasteiger partial charge in [0.15, 0.2) is 5.76 Å². The van der Waals surface area contributed by atoms with E-state index in [9.17, 15) is 9.59 Å². The van der Waals surface area contributed by atoms with Crippen LogP contribution in [0.1, 0.15) is 42.2 Å². The molecule has 3 amide bonds. The molecule has 0 radical (unpaired) electrons. The van der Waals surface area contributed by atoms with Gasteiger partial charge in [-0.3, -0.25) is 4.79 Å². The number of nitrogens with one attached hydrogen (secondary N) is 2. The van der Waals surface area contributed by atoms with Gasteiger partial charge in [-0.15, -0.1) is 0 Å². The molecule has 1 atom stereocenters.